The smallest absolute Gasteiger partial charge is 0.793 e. The summed E-state index contributed by atoms with van der Waals surface area (Å²) in [5, 5.41) is 0. The molecule has 0 aliphatic heterocycles. The maximum atomic E-state index is 5.19. The van der Waals surface area contributed by atoms with Gasteiger partial charge < -0.3 is 25.9 Å². The Kier molecular flexibility index (Phi) is 11.2. The molecular formula is C6H15LiO3SSi. The minimum atomic E-state index is -2.31. The van der Waals surface area contributed by atoms with E-state index >= 15 is 0 Å². The first-order valence-electron chi connectivity index (χ1n) is 3.48. The standard InChI is InChI=1S/C6H16O3SSi.Li/c1-7-11(8-2,9-3)6-4-5-10;/h10H,4-6H2,1-3H3;/q;+1/p-1. The van der Waals surface area contributed by atoms with Gasteiger partial charge in [0, 0.05) is 27.4 Å². The van der Waals surface area contributed by atoms with Gasteiger partial charge in [-0.05, 0) is 0 Å². The molecule has 0 amide bonds. The van der Waals surface area contributed by atoms with Crippen molar-refractivity contribution < 1.29 is 32.1 Å². The molecule has 12 heavy (non-hydrogen) atoms. The molecule has 0 saturated carbocycles. The van der Waals surface area contributed by atoms with Crippen LogP contribution in [0.5, 0.6) is 0 Å². The van der Waals surface area contributed by atoms with Crippen LogP contribution in [-0.2, 0) is 25.9 Å². The first kappa shape index (κ1) is 15.5. The summed E-state index contributed by atoms with van der Waals surface area (Å²) >= 11 is 4.82. The van der Waals surface area contributed by atoms with Crippen molar-refractivity contribution in [2.75, 3.05) is 27.1 Å². The Balaban J connectivity index is 0. The van der Waals surface area contributed by atoms with E-state index in [2.05, 4.69) is 0 Å². The van der Waals surface area contributed by atoms with Gasteiger partial charge in [-0.1, -0.05) is 6.42 Å². The van der Waals surface area contributed by atoms with Crippen molar-refractivity contribution in [1.29, 1.82) is 0 Å². The molecule has 0 aliphatic rings. The Morgan fingerprint density at radius 3 is 1.75 bits per heavy atom. The molecule has 6 heteroatoms. The van der Waals surface area contributed by atoms with E-state index in [1.165, 1.54) is 0 Å². The number of hydrogen-bond donors (Lipinski definition) is 0. The summed E-state index contributed by atoms with van der Waals surface area (Å²) in [6, 6.07) is 0.806. The average Bonchev–Trinajstić information content (AvgIpc) is 2.08. The molecule has 0 atom stereocenters. The largest absolute Gasteiger partial charge is 1.00 e. The van der Waals surface area contributed by atoms with Crippen LogP contribution in [-0.4, -0.2) is 35.9 Å². The van der Waals surface area contributed by atoms with Gasteiger partial charge in [0.1, 0.15) is 0 Å². The van der Waals surface area contributed by atoms with Gasteiger partial charge in [-0.2, -0.15) is 5.75 Å². The van der Waals surface area contributed by atoms with E-state index in [1.54, 1.807) is 21.3 Å². The van der Waals surface area contributed by atoms with Gasteiger partial charge in [0.15, 0.2) is 0 Å². The zero-order chi connectivity index (χ0) is 8.74. The normalized spacial score (nSPS) is 11.0. The topological polar surface area (TPSA) is 27.7 Å². The minimum absolute atomic E-state index is 0. The molecule has 3 nitrogen and oxygen atoms in total. The molecule has 0 aromatic rings. The molecule has 0 saturated heterocycles. The predicted molar refractivity (Wildman–Crippen MR) is 48.4 cm³/mol. The van der Waals surface area contributed by atoms with Crippen molar-refractivity contribution in [3.8, 4) is 0 Å². The minimum Gasteiger partial charge on any atom is -0.793 e. The van der Waals surface area contributed by atoms with Crippen LogP contribution in [0.3, 0.4) is 0 Å². The Hall–Kier alpha value is 1.04. The van der Waals surface area contributed by atoms with Gasteiger partial charge in [-0.3, -0.25) is 0 Å². The van der Waals surface area contributed by atoms with Crippen molar-refractivity contribution in [2.45, 2.75) is 12.5 Å². The van der Waals surface area contributed by atoms with Crippen LogP contribution in [0.15, 0.2) is 0 Å². The van der Waals surface area contributed by atoms with Crippen LogP contribution in [0, 0.1) is 0 Å². The Morgan fingerprint density at radius 2 is 1.50 bits per heavy atom. The van der Waals surface area contributed by atoms with E-state index in [0.717, 1.165) is 18.2 Å². The summed E-state index contributed by atoms with van der Waals surface area (Å²) < 4.78 is 15.6. The molecule has 0 aliphatic carbocycles. The van der Waals surface area contributed by atoms with E-state index in [9.17, 15) is 0 Å². The van der Waals surface area contributed by atoms with Crippen LogP contribution in [0.1, 0.15) is 6.42 Å². The second kappa shape index (κ2) is 8.63. The Labute approximate surface area is 93.1 Å². The van der Waals surface area contributed by atoms with Gasteiger partial charge in [-0.25, -0.2) is 0 Å². The molecule has 0 unspecified atom stereocenters. The third kappa shape index (κ3) is 4.92. The van der Waals surface area contributed by atoms with Crippen LogP contribution >= 0.6 is 0 Å². The van der Waals surface area contributed by atoms with Crippen LogP contribution in [0.2, 0.25) is 6.04 Å². The van der Waals surface area contributed by atoms with Gasteiger partial charge >= 0.3 is 27.7 Å². The van der Waals surface area contributed by atoms with Gasteiger partial charge in [0.25, 0.3) is 0 Å². The molecule has 0 fully saturated rings. The van der Waals surface area contributed by atoms with E-state index < -0.39 is 8.80 Å². The second-order valence-electron chi connectivity index (χ2n) is 2.10. The summed E-state index contributed by atoms with van der Waals surface area (Å²) in [6.07, 6.45) is 0.914. The van der Waals surface area contributed by atoms with Crippen LogP contribution < -0.4 is 18.9 Å². The summed E-state index contributed by atoms with van der Waals surface area (Å²) in [7, 11) is 2.54. The maximum absolute atomic E-state index is 5.19. The summed E-state index contributed by atoms with van der Waals surface area (Å²) in [6.45, 7) is 0. The zero-order valence-electron chi connectivity index (χ0n) is 8.25. The summed E-state index contributed by atoms with van der Waals surface area (Å²) in [4.78, 5) is 0. The molecule has 0 aromatic heterocycles. The predicted octanol–water partition coefficient (Wildman–Crippen LogP) is -2.19. The van der Waals surface area contributed by atoms with Gasteiger partial charge in [0.05, 0.1) is 0 Å². The fourth-order valence-electron chi connectivity index (χ4n) is 0.845. The van der Waals surface area contributed by atoms with Gasteiger partial charge in [-0.15, -0.1) is 0 Å². The number of hydrogen-bond acceptors (Lipinski definition) is 4. The van der Waals surface area contributed by atoms with Crippen molar-refractivity contribution >= 4 is 21.4 Å². The Bertz CT molecular complexity index is 94.5. The van der Waals surface area contributed by atoms with Gasteiger partial charge in [0.2, 0.25) is 0 Å². The second-order valence-corrected chi connectivity index (χ2v) is 5.60. The monoisotopic (exact) mass is 202 g/mol. The molecule has 0 aromatic carbocycles. The third-order valence-electron chi connectivity index (χ3n) is 1.56. The molecular weight excluding hydrogens is 187 g/mol. The molecule has 0 heterocycles. The van der Waals surface area contributed by atoms with Crippen molar-refractivity contribution in [3.05, 3.63) is 0 Å². The molecule has 0 rings (SSSR count). The Morgan fingerprint density at radius 1 is 1.08 bits per heavy atom. The van der Waals surface area contributed by atoms with Crippen molar-refractivity contribution in [3.63, 3.8) is 0 Å². The van der Waals surface area contributed by atoms with Crippen molar-refractivity contribution in [2.24, 2.45) is 0 Å². The summed E-state index contributed by atoms with van der Waals surface area (Å²) in [5.74, 6) is 0.727. The quantitative estimate of drug-likeness (QED) is 0.361. The zero-order valence-corrected chi connectivity index (χ0v) is 10.1. The third-order valence-corrected chi connectivity index (χ3v) is 4.68. The van der Waals surface area contributed by atoms with E-state index in [0.29, 0.717) is 0 Å². The van der Waals surface area contributed by atoms with E-state index in [-0.39, 0.29) is 18.9 Å². The van der Waals surface area contributed by atoms with Crippen LogP contribution in [0.4, 0.5) is 0 Å². The molecule has 0 bridgehead atoms. The molecule has 68 valence electrons. The van der Waals surface area contributed by atoms with Crippen LogP contribution in [0.25, 0.3) is 0 Å². The van der Waals surface area contributed by atoms with Crippen molar-refractivity contribution in [1.82, 2.24) is 0 Å². The first-order chi connectivity index (χ1) is 5.24. The van der Waals surface area contributed by atoms with E-state index in [1.807, 2.05) is 0 Å². The fourth-order valence-corrected chi connectivity index (χ4v) is 2.97. The summed E-state index contributed by atoms with van der Waals surface area (Å²) in [5.41, 5.74) is 0. The fraction of sp³-hybridized carbons (Fsp3) is 1.00. The van der Waals surface area contributed by atoms with E-state index in [4.69, 9.17) is 25.9 Å². The molecule has 0 radical (unpaired) electrons. The first-order valence-corrected chi connectivity index (χ1v) is 5.99. The molecule has 0 spiro atoms. The number of rotatable bonds is 6. The SMILES string of the molecule is CO[Si](CCC[S-])(OC)OC.[Li+]. The maximum Gasteiger partial charge on any atom is 1.00 e. The average molecular weight is 202 g/mol. The molecule has 0 N–H and O–H groups in total.